The SMILES string of the molecule is OC(c1ccc(-c2ccc(C(O)C(F)(F)F)cc2)cc1)C(F)F. The fourth-order valence-electron chi connectivity index (χ4n) is 2.07. The molecule has 7 heteroatoms. The normalized spacial score (nSPS) is 14.8. The number of aliphatic hydroxyl groups is 2. The summed E-state index contributed by atoms with van der Waals surface area (Å²) in [5.74, 6) is 0. The summed E-state index contributed by atoms with van der Waals surface area (Å²) in [5, 5.41) is 18.4. The van der Waals surface area contributed by atoms with Gasteiger partial charge < -0.3 is 10.2 Å². The van der Waals surface area contributed by atoms with Gasteiger partial charge in [-0.1, -0.05) is 48.5 Å². The van der Waals surface area contributed by atoms with Gasteiger partial charge in [0.05, 0.1) is 0 Å². The molecule has 0 aliphatic rings. The summed E-state index contributed by atoms with van der Waals surface area (Å²) in [7, 11) is 0. The fraction of sp³-hybridized carbons (Fsp3) is 0.250. The van der Waals surface area contributed by atoms with E-state index in [1.165, 1.54) is 36.4 Å². The Labute approximate surface area is 128 Å². The lowest BCUT2D eigenvalue weighted by Crippen LogP contribution is -2.19. The largest absolute Gasteiger partial charge is 0.418 e. The molecule has 0 aliphatic carbocycles. The first kappa shape index (κ1) is 17.4. The highest BCUT2D eigenvalue weighted by atomic mass is 19.4. The van der Waals surface area contributed by atoms with Crippen molar-refractivity contribution in [1.82, 2.24) is 0 Å². The van der Waals surface area contributed by atoms with Crippen molar-refractivity contribution in [3.63, 3.8) is 0 Å². The van der Waals surface area contributed by atoms with E-state index in [2.05, 4.69) is 0 Å². The van der Waals surface area contributed by atoms with E-state index in [0.29, 0.717) is 11.1 Å². The van der Waals surface area contributed by atoms with Crippen LogP contribution in [-0.2, 0) is 0 Å². The lowest BCUT2D eigenvalue weighted by atomic mass is 9.99. The molecule has 0 bridgehead atoms. The van der Waals surface area contributed by atoms with E-state index in [1.54, 1.807) is 0 Å². The quantitative estimate of drug-likeness (QED) is 0.822. The van der Waals surface area contributed by atoms with Crippen molar-refractivity contribution in [3.05, 3.63) is 59.7 Å². The average Bonchev–Trinajstić information content (AvgIpc) is 2.53. The van der Waals surface area contributed by atoms with Crippen LogP contribution in [0.25, 0.3) is 11.1 Å². The van der Waals surface area contributed by atoms with Crippen molar-refractivity contribution in [2.75, 3.05) is 0 Å². The minimum Gasteiger partial charge on any atom is -0.382 e. The monoisotopic (exact) mass is 332 g/mol. The molecule has 124 valence electrons. The molecule has 2 aromatic rings. The molecule has 2 nitrogen and oxygen atoms in total. The number of aliphatic hydroxyl groups excluding tert-OH is 2. The van der Waals surface area contributed by atoms with Crippen LogP contribution in [0.15, 0.2) is 48.5 Å². The number of rotatable bonds is 4. The number of hydrogen-bond acceptors (Lipinski definition) is 2. The van der Waals surface area contributed by atoms with Crippen LogP contribution >= 0.6 is 0 Å². The molecule has 2 atom stereocenters. The van der Waals surface area contributed by atoms with Gasteiger partial charge in [-0.25, -0.2) is 8.78 Å². The highest BCUT2D eigenvalue weighted by Gasteiger charge is 2.39. The summed E-state index contributed by atoms with van der Waals surface area (Å²) in [4.78, 5) is 0. The molecule has 0 spiro atoms. The van der Waals surface area contributed by atoms with Crippen LogP contribution in [-0.4, -0.2) is 22.8 Å². The Morgan fingerprint density at radius 3 is 1.43 bits per heavy atom. The fourth-order valence-corrected chi connectivity index (χ4v) is 2.07. The first-order valence-corrected chi connectivity index (χ1v) is 6.61. The predicted molar refractivity (Wildman–Crippen MR) is 73.9 cm³/mol. The van der Waals surface area contributed by atoms with Gasteiger partial charge in [-0.05, 0) is 22.3 Å². The van der Waals surface area contributed by atoms with Crippen molar-refractivity contribution in [3.8, 4) is 11.1 Å². The third kappa shape index (κ3) is 4.05. The molecule has 0 heterocycles. The van der Waals surface area contributed by atoms with Gasteiger partial charge in [-0.3, -0.25) is 0 Å². The minimum atomic E-state index is -4.74. The Kier molecular flexibility index (Phi) is 5.01. The zero-order valence-corrected chi connectivity index (χ0v) is 11.6. The van der Waals surface area contributed by atoms with Crippen LogP contribution in [0, 0.1) is 0 Å². The third-order valence-electron chi connectivity index (χ3n) is 3.36. The molecular weight excluding hydrogens is 319 g/mol. The number of halogens is 5. The first-order chi connectivity index (χ1) is 10.7. The minimum absolute atomic E-state index is 0.0489. The topological polar surface area (TPSA) is 40.5 Å². The molecule has 2 rings (SSSR count). The first-order valence-electron chi connectivity index (χ1n) is 6.61. The van der Waals surface area contributed by atoms with Crippen LogP contribution in [0.1, 0.15) is 23.3 Å². The van der Waals surface area contributed by atoms with E-state index >= 15 is 0 Å². The van der Waals surface area contributed by atoms with E-state index in [1.807, 2.05) is 0 Å². The molecule has 0 saturated heterocycles. The van der Waals surface area contributed by atoms with Crippen molar-refractivity contribution < 1.29 is 32.2 Å². The van der Waals surface area contributed by atoms with Crippen molar-refractivity contribution >= 4 is 0 Å². The van der Waals surface area contributed by atoms with E-state index in [9.17, 15) is 27.1 Å². The molecule has 2 aromatic carbocycles. The second-order valence-electron chi connectivity index (χ2n) is 4.97. The smallest absolute Gasteiger partial charge is 0.382 e. The van der Waals surface area contributed by atoms with Gasteiger partial charge >= 0.3 is 6.18 Å². The predicted octanol–water partition coefficient (Wildman–Crippen LogP) is 4.25. The number of benzene rings is 2. The molecule has 0 saturated carbocycles. The van der Waals surface area contributed by atoms with Gasteiger partial charge in [0.15, 0.2) is 6.10 Å². The molecule has 0 fully saturated rings. The van der Waals surface area contributed by atoms with Gasteiger partial charge in [0.2, 0.25) is 0 Å². The van der Waals surface area contributed by atoms with Gasteiger partial charge in [0.25, 0.3) is 6.43 Å². The molecule has 2 unspecified atom stereocenters. The lowest BCUT2D eigenvalue weighted by molar-refractivity contribution is -0.206. The maximum atomic E-state index is 12.4. The Hall–Kier alpha value is -1.99. The highest BCUT2D eigenvalue weighted by Crippen LogP contribution is 2.33. The summed E-state index contributed by atoms with van der Waals surface area (Å²) in [5.41, 5.74) is 0.906. The standard InChI is InChI=1S/C16H13F5O2/c17-15(18)13(22)11-5-1-9(2-6-11)10-3-7-12(8-4-10)14(23)16(19,20)21/h1-8,13-15,22-23H. The Morgan fingerprint density at radius 1 is 0.696 bits per heavy atom. The van der Waals surface area contributed by atoms with E-state index < -0.39 is 24.8 Å². The lowest BCUT2D eigenvalue weighted by Gasteiger charge is -2.15. The summed E-state index contributed by atoms with van der Waals surface area (Å²) >= 11 is 0. The molecule has 2 N–H and O–H groups in total. The van der Waals surface area contributed by atoms with E-state index in [-0.39, 0.29) is 11.1 Å². The van der Waals surface area contributed by atoms with Crippen LogP contribution in [0.4, 0.5) is 22.0 Å². The van der Waals surface area contributed by atoms with Crippen LogP contribution in [0.3, 0.4) is 0 Å². The van der Waals surface area contributed by atoms with Gasteiger partial charge in [0.1, 0.15) is 6.10 Å². The molecule has 0 radical (unpaired) electrons. The highest BCUT2D eigenvalue weighted by molar-refractivity contribution is 5.64. The molecule has 0 aliphatic heterocycles. The Balaban J connectivity index is 2.20. The number of alkyl halides is 5. The molecule has 23 heavy (non-hydrogen) atoms. The van der Waals surface area contributed by atoms with Crippen molar-refractivity contribution in [2.45, 2.75) is 24.8 Å². The summed E-state index contributed by atoms with van der Waals surface area (Å²) < 4.78 is 62.0. The van der Waals surface area contributed by atoms with E-state index in [4.69, 9.17) is 5.11 Å². The maximum Gasteiger partial charge on any atom is 0.418 e. The third-order valence-corrected chi connectivity index (χ3v) is 3.36. The van der Waals surface area contributed by atoms with Crippen molar-refractivity contribution in [2.24, 2.45) is 0 Å². The number of hydrogen-bond donors (Lipinski definition) is 2. The summed E-state index contributed by atoms with van der Waals surface area (Å²) in [6, 6.07) is 10.7. The van der Waals surface area contributed by atoms with Crippen LogP contribution in [0.5, 0.6) is 0 Å². The van der Waals surface area contributed by atoms with Gasteiger partial charge in [0, 0.05) is 0 Å². The average molecular weight is 332 g/mol. The molecule has 0 aromatic heterocycles. The van der Waals surface area contributed by atoms with Crippen LogP contribution in [0.2, 0.25) is 0 Å². The van der Waals surface area contributed by atoms with Crippen LogP contribution < -0.4 is 0 Å². The second kappa shape index (κ2) is 6.64. The van der Waals surface area contributed by atoms with Gasteiger partial charge in [-0.2, -0.15) is 13.2 Å². The molecule has 0 amide bonds. The van der Waals surface area contributed by atoms with E-state index in [0.717, 1.165) is 12.1 Å². The van der Waals surface area contributed by atoms with Gasteiger partial charge in [-0.15, -0.1) is 0 Å². The Bertz CT molecular complexity index is 635. The molecular formula is C16H13F5O2. The van der Waals surface area contributed by atoms with Crippen molar-refractivity contribution in [1.29, 1.82) is 0 Å². The summed E-state index contributed by atoms with van der Waals surface area (Å²) in [6.45, 7) is 0. The second-order valence-corrected chi connectivity index (χ2v) is 4.97. The summed E-state index contributed by atoms with van der Waals surface area (Å²) in [6.07, 6.45) is -12.1. The maximum absolute atomic E-state index is 12.4. The zero-order chi connectivity index (χ0) is 17.2. The zero-order valence-electron chi connectivity index (χ0n) is 11.6. The Morgan fingerprint density at radius 2 is 1.09 bits per heavy atom.